The molecule has 6 nitrogen and oxygen atoms in total. The van der Waals surface area contributed by atoms with E-state index in [1.807, 2.05) is 31.2 Å². The minimum Gasteiger partial charge on any atom is -0.351 e. The summed E-state index contributed by atoms with van der Waals surface area (Å²) < 4.78 is 2.68. The second kappa shape index (κ2) is 10.7. The molecule has 0 radical (unpaired) electrons. The van der Waals surface area contributed by atoms with Crippen LogP contribution in [0.15, 0.2) is 65.5 Å². The van der Waals surface area contributed by atoms with Gasteiger partial charge in [-0.25, -0.2) is 0 Å². The zero-order chi connectivity index (χ0) is 24.2. The number of hydrogen-bond acceptors (Lipinski definition) is 5. The maximum Gasteiger partial charge on any atom is 0.261 e. The van der Waals surface area contributed by atoms with Crippen molar-refractivity contribution in [2.75, 3.05) is 39.3 Å². The summed E-state index contributed by atoms with van der Waals surface area (Å²) >= 11 is 1.41. The van der Waals surface area contributed by atoms with E-state index in [0.717, 1.165) is 61.3 Å². The summed E-state index contributed by atoms with van der Waals surface area (Å²) in [6.07, 6.45) is 0.918. The Balaban J connectivity index is 1.14. The lowest BCUT2D eigenvalue weighted by Gasteiger charge is -2.34. The molecule has 1 aliphatic heterocycles. The fraction of sp³-hybridized carbons (Fsp3) is 0.357. The normalized spacial score (nSPS) is 15.1. The Kier molecular flexibility index (Phi) is 7.27. The predicted molar refractivity (Wildman–Crippen MR) is 144 cm³/mol. The smallest absolute Gasteiger partial charge is 0.261 e. The van der Waals surface area contributed by atoms with Crippen LogP contribution in [0, 0.1) is 0 Å². The maximum absolute atomic E-state index is 13.0. The van der Waals surface area contributed by atoms with Crippen LogP contribution in [0.2, 0.25) is 0 Å². The van der Waals surface area contributed by atoms with Gasteiger partial charge in [0.05, 0.1) is 15.8 Å². The van der Waals surface area contributed by atoms with Gasteiger partial charge >= 0.3 is 0 Å². The minimum absolute atomic E-state index is 0.0251. The van der Waals surface area contributed by atoms with Crippen molar-refractivity contribution < 1.29 is 4.79 Å². The molecule has 0 aliphatic carbocycles. The number of rotatable bonds is 8. The van der Waals surface area contributed by atoms with Gasteiger partial charge in [0.25, 0.3) is 11.5 Å². The number of carbonyl (C=O) groups is 1. The van der Waals surface area contributed by atoms with Gasteiger partial charge in [0.1, 0.15) is 0 Å². The molecule has 0 bridgehead atoms. The molecule has 3 heterocycles. The van der Waals surface area contributed by atoms with Gasteiger partial charge in [0.15, 0.2) is 0 Å². The van der Waals surface area contributed by atoms with Crippen molar-refractivity contribution >= 4 is 38.2 Å². The molecule has 35 heavy (non-hydrogen) atoms. The van der Waals surface area contributed by atoms with E-state index in [0.29, 0.717) is 23.4 Å². The number of hydrogen-bond donors (Lipinski definition) is 1. The third-order valence-corrected chi connectivity index (χ3v) is 8.00. The number of nitrogens with zero attached hydrogens (tertiary/aromatic N) is 3. The average Bonchev–Trinajstić information content (AvgIpc) is 3.35. The van der Waals surface area contributed by atoms with Gasteiger partial charge in [0.2, 0.25) is 0 Å². The van der Waals surface area contributed by atoms with Crippen LogP contribution in [0.5, 0.6) is 0 Å². The molecule has 1 fully saturated rings. The summed E-state index contributed by atoms with van der Waals surface area (Å²) in [6, 6.07) is 20.3. The number of carbonyl (C=O) groups excluding carboxylic acids is 1. The first-order valence-electron chi connectivity index (χ1n) is 12.5. The van der Waals surface area contributed by atoms with Gasteiger partial charge in [-0.05, 0) is 37.6 Å². The first-order chi connectivity index (χ1) is 17.1. The van der Waals surface area contributed by atoms with Crippen molar-refractivity contribution in [1.29, 1.82) is 0 Å². The van der Waals surface area contributed by atoms with Crippen LogP contribution in [0.1, 0.15) is 28.6 Å². The van der Waals surface area contributed by atoms with Crippen molar-refractivity contribution in [1.82, 2.24) is 19.7 Å². The summed E-state index contributed by atoms with van der Waals surface area (Å²) in [5.41, 5.74) is 2.26. The number of fused-ring (bicyclic) bond motifs is 3. The van der Waals surface area contributed by atoms with Crippen LogP contribution >= 0.6 is 11.3 Å². The van der Waals surface area contributed by atoms with E-state index in [-0.39, 0.29) is 11.5 Å². The molecule has 5 rings (SSSR count). The maximum atomic E-state index is 13.0. The van der Waals surface area contributed by atoms with E-state index in [1.54, 1.807) is 10.6 Å². The van der Waals surface area contributed by atoms with Gasteiger partial charge in [-0.2, -0.15) is 0 Å². The van der Waals surface area contributed by atoms with Gasteiger partial charge < -0.3 is 14.8 Å². The number of nitrogens with one attached hydrogen (secondary N) is 1. The number of para-hydroxylation sites is 1. The first-order valence-corrected chi connectivity index (χ1v) is 13.3. The molecule has 0 saturated carbocycles. The molecule has 0 atom stereocenters. The number of aromatic nitrogens is 1. The van der Waals surface area contributed by atoms with Gasteiger partial charge in [-0.15, -0.1) is 11.3 Å². The number of benzene rings is 2. The molecule has 0 spiro atoms. The zero-order valence-electron chi connectivity index (χ0n) is 20.2. The monoisotopic (exact) mass is 488 g/mol. The Morgan fingerprint density at radius 3 is 2.43 bits per heavy atom. The molecule has 2 aromatic heterocycles. The minimum atomic E-state index is -0.0922. The molecule has 1 aliphatic rings. The lowest BCUT2D eigenvalue weighted by atomic mass is 10.1. The summed E-state index contributed by atoms with van der Waals surface area (Å²) in [5.74, 6) is -0.0922. The summed E-state index contributed by atoms with van der Waals surface area (Å²) in [4.78, 5) is 31.4. The lowest BCUT2D eigenvalue weighted by Crippen LogP contribution is -2.46. The molecular formula is C28H32N4O2S. The molecule has 7 heteroatoms. The quantitative estimate of drug-likeness (QED) is 0.378. The van der Waals surface area contributed by atoms with Crippen molar-refractivity contribution in [3.8, 4) is 0 Å². The Hall–Kier alpha value is -3.00. The summed E-state index contributed by atoms with van der Waals surface area (Å²) in [7, 11) is 0. The van der Waals surface area contributed by atoms with Gasteiger partial charge in [0, 0.05) is 55.9 Å². The largest absolute Gasteiger partial charge is 0.351 e. The highest BCUT2D eigenvalue weighted by Gasteiger charge is 2.18. The topological polar surface area (TPSA) is 57.6 Å². The summed E-state index contributed by atoms with van der Waals surface area (Å²) in [5, 5.41) is 4.72. The molecule has 1 N–H and O–H groups in total. The fourth-order valence-corrected chi connectivity index (χ4v) is 6.04. The van der Waals surface area contributed by atoms with E-state index < -0.39 is 0 Å². The van der Waals surface area contributed by atoms with Crippen LogP contribution in [0.3, 0.4) is 0 Å². The van der Waals surface area contributed by atoms with E-state index in [4.69, 9.17) is 0 Å². The number of piperazine rings is 1. The van der Waals surface area contributed by atoms with Crippen molar-refractivity contribution in [3.05, 3.63) is 81.5 Å². The van der Waals surface area contributed by atoms with E-state index in [9.17, 15) is 9.59 Å². The number of aryl methyl sites for hydroxylation is 1. The number of amides is 1. The van der Waals surface area contributed by atoms with Crippen LogP contribution in [0.25, 0.3) is 21.0 Å². The van der Waals surface area contributed by atoms with Crippen molar-refractivity contribution in [2.45, 2.75) is 26.4 Å². The predicted octanol–water partition coefficient (Wildman–Crippen LogP) is 4.17. The third kappa shape index (κ3) is 5.17. The molecule has 2 aromatic carbocycles. The van der Waals surface area contributed by atoms with E-state index in [1.165, 1.54) is 16.9 Å². The average molecular weight is 489 g/mol. The fourth-order valence-electron chi connectivity index (χ4n) is 4.94. The Morgan fingerprint density at radius 2 is 1.66 bits per heavy atom. The highest BCUT2D eigenvalue weighted by atomic mass is 32.1. The standard InChI is InChI=1S/C28H32N4O2S/c1-2-32-24-12-7-6-11-22(24)26-23(28(32)34)19-25(35-26)27(33)29-13-8-14-30-15-17-31(18-16-30)20-21-9-4-3-5-10-21/h3-7,9-12,19H,2,8,13-18,20H2,1H3,(H,29,33). The molecule has 1 amide bonds. The Morgan fingerprint density at radius 1 is 0.943 bits per heavy atom. The number of pyridine rings is 1. The Bertz CT molecular complexity index is 1370. The second-order valence-electron chi connectivity index (χ2n) is 9.13. The van der Waals surface area contributed by atoms with Crippen LogP contribution < -0.4 is 10.9 Å². The lowest BCUT2D eigenvalue weighted by molar-refractivity contribution is 0.0951. The number of thiophene rings is 1. The van der Waals surface area contributed by atoms with Crippen LogP contribution in [-0.4, -0.2) is 59.5 Å². The molecule has 0 unspecified atom stereocenters. The summed E-state index contributed by atoms with van der Waals surface area (Å²) in [6.45, 7) is 9.49. The van der Waals surface area contributed by atoms with Crippen molar-refractivity contribution in [2.24, 2.45) is 0 Å². The molecule has 1 saturated heterocycles. The zero-order valence-corrected chi connectivity index (χ0v) is 21.0. The van der Waals surface area contributed by atoms with Gasteiger partial charge in [-0.3, -0.25) is 14.5 Å². The second-order valence-corrected chi connectivity index (χ2v) is 10.2. The van der Waals surface area contributed by atoms with Crippen LogP contribution in [-0.2, 0) is 13.1 Å². The van der Waals surface area contributed by atoms with E-state index in [2.05, 4.69) is 45.4 Å². The molecular weight excluding hydrogens is 456 g/mol. The van der Waals surface area contributed by atoms with Crippen molar-refractivity contribution in [3.63, 3.8) is 0 Å². The Labute approximate surface area is 209 Å². The van der Waals surface area contributed by atoms with Gasteiger partial charge in [-0.1, -0.05) is 48.5 Å². The van der Waals surface area contributed by atoms with Crippen LogP contribution in [0.4, 0.5) is 0 Å². The SMILES string of the molecule is CCn1c(=O)c2cc(C(=O)NCCCN3CCN(Cc4ccccc4)CC3)sc2c2ccccc21. The molecule has 182 valence electrons. The highest BCUT2D eigenvalue weighted by Crippen LogP contribution is 2.30. The first kappa shape index (κ1) is 23.7. The van der Waals surface area contributed by atoms with E-state index >= 15 is 0 Å². The third-order valence-electron chi connectivity index (χ3n) is 6.84. The molecule has 4 aromatic rings. The highest BCUT2D eigenvalue weighted by molar-refractivity contribution is 7.21.